The zero-order chi connectivity index (χ0) is 14.2. The zero-order valence-corrected chi connectivity index (χ0v) is 12.6. The molecule has 1 saturated carbocycles. The van der Waals surface area contributed by atoms with Crippen LogP contribution in [0.4, 0.5) is 0 Å². The number of fused-ring (bicyclic) bond motifs is 1. The van der Waals surface area contributed by atoms with E-state index in [-0.39, 0.29) is 5.54 Å². The van der Waals surface area contributed by atoms with Gasteiger partial charge in [0.05, 0.1) is 0 Å². The lowest BCUT2D eigenvalue weighted by Crippen LogP contribution is -2.47. The number of nitrogens with one attached hydrogen (secondary N) is 1. The van der Waals surface area contributed by atoms with Crippen LogP contribution in [0, 0.1) is 13.8 Å². The molecule has 5 heteroatoms. The lowest BCUT2D eigenvalue weighted by Gasteiger charge is -2.36. The molecule has 3 rings (SSSR count). The third-order valence-corrected chi connectivity index (χ3v) is 4.59. The van der Waals surface area contributed by atoms with Crippen LogP contribution in [0.25, 0.3) is 5.65 Å². The van der Waals surface area contributed by atoms with Gasteiger partial charge in [-0.15, -0.1) is 10.2 Å². The summed E-state index contributed by atoms with van der Waals surface area (Å²) in [6, 6.07) is 2.00. The summed E-state index contributed by atoms with van der Waals surface area (Å²) in [5, 5.41) is 12.3. The fourth-order valence-electron chi connectivity index (χ4n) is 3.46. The van der Waals surface area contributed by atoms with E-state index in [0.717, 1.165) is 29.4 Å². The molecule has 20 heavy (non-hydrogen) atoms. The van der Waals surface area contributed by atoms with Crippen molar-refractivity contribution in [1.82, 2.24) is 24.9 Å². The second kappa shape index (κ2) is 5.13. The molecule has 1 aliphatic rings. The van der Waals surface area contributed by atoms with Crippen molar-refractivity contribution >= 4 is 5.65 Å². The molecule has 2 heterocycles. The zero-order valence-electron chi connectivity index (χ0n) is 12.6. The molecule has 2 aromatic heterocycles. The maximum atomic E-state index is 4.54. The number of aromatic nitrogens is 4. The van der Waals surface area contributed by atoms with Gasteiger partial charge in [-0.05, 0) is 33.7 Å². The summed E-state index contributed by atoms with van der Waals surface area (Å²) in [6.07, 6.45) is 7.31. The Hall–Kier alpha value is -1.49. The Balaban J connectivity index is 1.98. The summed E-state index contributed by atoms with van der Waals surface area (Å²) in [6.45, 7) is 4.03. The standard InChI is InChI=1S/C15H23N5/c1-11-9-13-18-19-14(20(13)12(2)17-11)10-15(16-3)7-5-4-6-8-15/h9,16H,4-8,10H2,1-3H3. The van der Waals surface area contributed by atoms with Gasteiger partial charge in [-0.3, -0.25) is 4.40 Å². The molecule has 0 aromatic carbocycles. The molecular formula is C15H23N5. The second-order valence-electron chi connectivity index (χ2n) is 6.02. The monoisotopic (exact) mass is 273 g/mol. The number of nitrogens with zero attached hydrogens (tertiary/aromatic N) is 4. The van der Waals surface area contributed by atoms with Gasteiger partial charge in [0.25, 0.3) is 0 Å². The van der Waals surface area contributed by atoms with Crippen LogP contribution in [-0.2, 0) is 6.42 Å². The normalized spacial score (nSPS) is 18.6. The number of hydrogen-bond acceptors (Lipinski definition) is 4. The van der Waals surface area contributed by atoms with Crippen molar-refractivity contribution in [3.05, 3.63) is 23.4 Å². The Morgan fingerprint density at radius 3 is 2.65 bits per heavy atom. The smallest absolute Gasteiger partial charge is 0.164 e. The van der Waals surface area contributed by atoms with Gasteiger partial charge in [0.1, 0.15) is 11.6 Å². The van der Waals surface area contributed by atoms with E-state index >= 15 is 0 Å². The summed E-state index contributed by atoms with van der Waals surface area (Å²) < 4.78 is 2.10. The van der Waals surface area contributed by atoms with Gasteiger partial charge in [0, 0.05) is 23.7 Å². The Labute approximate surface area is 119 Å². The first-order valence-electron chi connectivity index (χ1n) is 7.51. The van der Waals surface area contributed by atoms with E-state index in [4.69, 9.17) is 0 Å². The fraction of sp³-hybridized carbons (Fsp3) is 0.667. The highest BCUT2D eigenvalue weighted by atomic mass is 15.3. The maximum absolute atomic E-state index is 4.54. The number of aryl methyl sites for hydroxylation is 2. The molecule has 5 nitrogen and oxygen atoms in total. The first-order valence-corrected chi connectivity index (χ1v) is 7.51. The highest BCUT2D eigenvalue weighted by Crippen LogP contribution is 2.30. The summed E-state index contributed by atoms with van der Waals surface area (Å²) in [5.74, 6) is 2.00. The van der Waals surface area contributed by atoms with Crippen molar-refractivity contribution in [2.45, 2.75) is 57.9 Å². The van der Waals surface area contributed by atoms with Gasteiger partial charge >= 0.3 is 0 Å². The van der Waals surface area contributed by atoms with Crippen LogP contribution in [0.5, 0.6) is 0 Å². The molecular weight excluding hydrogens is 250 g/mol. The summed E-state index contributed by atoms with van der Waals surface area (Å²) in [5.41, 5.74) is 2.08. The van der Waals surface area contributed by atoms with Crippen LogP contribution in [-0.4, -0.2) is 32.2 Å². The number of rotatable bonds is 3. The maximum Gasteiger partial charge on any atom is 0.164 e. The van der Waals surface area contributed by atoms with E-state index in [2.05, 4.69) is 31.9 Å². The van der Waals surface area contributed by atoms with Gasteiger partial charge in [-0.2, -0.15) is 0 Å². The average molecular weight is 273 g/mol. The minimum atomic E-state index is 0.179. The first kappa shape index (κ1) is 13.5. The molecule has 1 aliphatic carbocycles. The molecule has 0 saturated heterocycles. The Bertz CT molecular complexity index is 610. The quantitative estimate of drug-likeness (QED) is 0.931. The Morgan fingerprint density at radius 2 is 1.95 bits per heavy atom. The van der Waals surface area contributed by atoms with Crippen LogP contribution < -0.4 is 5.32 Å². The van der Waals surface area contributed by atoms with Crippen molar-refractivity contribution < 1.29 is 0 Å². The van der Waals surface area contributed by atoms with Crippen LogP contribution >= 0.6 is 0 Å². The van der Waals surface area contributed by atoms with E-state index in [1.165, 1.54) is 32.1 Å². The largest absolute Gasteiger partial charge is 0.314 e. The van der Waals surface area contributed by atoms with Gasteiger partial charge in [-0.25, -0.2) is 4.98 Å². The SMILES string of the molecule is CNC1(Cc2nnc3cc(C)nc(C)n23)CCCCC1. The Kier molecular flexibility index (Phi) is 3.46. The number of hydrogen-bond donors (Lipinski definition) is 1. The van der Waals surface area contributed by atoms with E-state index in [1.54, 1.807) is 0 Å². The van der Waals surface area contributed by atoms with Gasteiger partial charge in [0.2, 0.25) is 0 Å². The molecule has 0 unspecified atom stereocenters. The van der Waals surface area contributed by atoms with Crippen LogP contribution in [0.1, 0.15) is 49.4 Å². The minimum Gasteiger partial charge on any atom is -0.314 e. The predicted octanol–water partition coefficient (Wildman–Crippen LogP) is 2.21. The molecule has 0 spiro atoms. The van der Waals surface area contributed by atoms with Gasteiger partial charge in [-0.1, -0.05) is 19.3 Å². The first-order chi connectivity index (χ1) is 9.63. The highest BCUT2D eigenvalue weighted by Gasteiger charge is 2.32. The molecule has 1 fully saturated rings. The van der Waals surface area contributed by atoms with Crippen molar-refractivity contribution in [2.24, 2.45) is 0 Å². The second-order valence-corrected chi connectivity index (χ2v) is 6.02. The van der Waals surface area contributed by atoms with E-state index < -0.39 is 0 Å². The van der Waals surface area contributed by atoms with Crippen LogP contribution in [0.15, 0.2) is 6.07 Å². The fourth-order valence-corrected chi connectivity index (χ4v) is 3.46. The van der Waals surface area contributed by atoms with Crippen molar-refractivity contribution in [3.8, 4) is 0 Å². The third-order valence-electron chi connectivity index (χ3n) is 4.59. The molecule has 0 bridgehead atoms. The van der Waals surface area contributed by atoms with Crippen molar-refractivity contribution in [2.75, 3.05) is 7.05 Å². The van der Waals surface area contributed by atoms with Crippen molar-refractivity contribution in [1.29, 1.82) is 0 Å². The molecule has 0 amide bonds. The van der Waals surface area contributed by atoms with Crippen LogP contribution in [0.3, 0.4) is 0 Å². The topological polar surface area (TPSA) is 55.1 Å². The lowest BCUT2D eigenvalue weighted by atomic mass is 9.79. The summed E-state index contributed by atoms with van der Waals surface area (Å²) in [4.78, 5) is 4.54. The molecule has 0 radical (unpaired) electrons. The van der Waals surface area contributed by atoms with Gasteiger partial charge in [0.15, 0.2) is 5.65 Å². The molecule has 0 atom stereocenters. The van der Waals surface area contributed by atoms with Crippen molar-refractivity contribution in [3.63, 3.8) is 0 Å². The summed E-state index contributed by atoms with van der Waals surface area (Å²) in [7, 11) is 2.07. The van der Waals surface area contributed by atoms with Crippen LogP contribution in [0.2, 0.25) is 0 Å². The summed E-state index contributed by atoms with van der Waals surface area (Å²) >= 11 is 0. The van der Waals surface area contributed by atoms with E-state index in [0.29, 0.717) is 0 Å². The number of likely N-dealkylation sites (N-methyl/N-ethyl adjacent to an activating group) is 1. The minimum absolute atomic E-state index is 0.179. The Morgan fingerprint density at radius 1 is 1.20 bits per heavy atom. The van der Waals surface area contributed by atoms with E-state index in [9.17, 15) is 0 Å². The third kappa shape index (κ3) is 2.30. The highest BCUT2D eigenvalue weighted by molar-refractivity contribution is 5.40. The molecule has 0 aliphatic heterocycles. The predicted molar refractivity (Wildman–Crippen MR) is 78.8 cm³/mol. The van der Waals surface area contributed by atoms with Gasteiger partial charge < -0.3 is 5.32 Å². The van der Waals surface area contributed by atoms with E-state index in [1.807, 2.05) is 19.9 Å². The lowest BCUT2D eigenvalue weighted by molar-refractivity contribution is 0.240. The molecule has 2 aromatic rings. The molecule has 108 valence electrons. The molecule has 1 N–H and O–H groups in total. The average Bonchev–Trinajstić information content (AvgIpc) is 2.82.